The summed E-state index contributed by atoms with van der Waals surface area (Å²) in [5.74, 6) is 0.00734. The maximum absolute atomic E-state index is 12.4. The number of halogens is 4. The predicted octanol–water partition coefficient (Wildman–Crippen LogP) is 2.31. The number of nitrogens with one attached hydrogen (secondary N) is 1. The molecule has 96 valence electrons. The van der Waals surface area contributed by atoms with Crippen molar-refractivity contribution in [2.45, 2.75) is 19.5 Å². The molecule has 0 fully saturated rings. The molecule has 0 bridgehead atoms. The van der Waals surface area contributed by atoms with Gasteiger partial charge in [0.25, 0.3) is 5.56 Å². The highest BCUT2D eigenvalue weighted by Crippen LogP contribution is 2.24. The number of alkyl halides is 3. The van der Waals surface area contributed by atoms with Gasteiger partial charge < -0.3 is 9.88 Å². The monoisotopic (exact) mass is 313 g/mol. The number of hydrogen-bond donors (Lipinski definition) is 1. The fourth-order valence-corrected chi connectivity index (χ4v) is 1.81. The molecule has 0 unspecified atom stereocenters. The van der Waals surface area contributed by atoms with Crippen molar-refractivity contribution in [1.29, 1.82) is 0 Å². The highest BCUT2D eigenvalue weighted by Gasteiger charge is 2.32. The Balaban J connectivity index is 3.05. The Morgan fingerprint density at radius 2 is 2.18 bits per heavy atom. The number of H-pyrrole nitrogens is 1. The summed E-state index contributed by atoms with van der Waals surface area (Å²) >= 11 is 2.94. The normalized spacial score (nSPS) is 11.6. The Hall–Kier alpha value is -1.05. The number of aromatic nitrogens is 2. The first-order valence-corrected chi connectivity index (χ1v) is 5.69. The molecular formula is C9H11BrF3N3O. The molecule has 1 aromatic heterocycles. The van der Waals surface area contributed by atoms with Gasteiger partial charge >= 0.3 is 6.18 Å². The number of hydrogen-bond acceptors (Lipinski definition) is 3. The van der Waals surface area contributed by atoms with Crippen molar-refractivity contribution in [2.75, 3.05) is 18.0 Å². The molecule has 17 heavy (non-hydrogen) atoms. The maximum atomic E-state index is 12.4. The molecule has 0 aliphatic heterocycles. The molecule has 1 rings (SSSR count). The molecule has 0 saturated heterocycles. The molecule has 0 saturated carbocycles. The molecule has 0 aliphatic rings. The number of nitrogens with zero attached hydrogens (tertiary/aromatic N) is 2. The fourth-order valence-electron chi connectivity index (χ4n) is 1.34. The van der Waals surface area contributed by atoms with Crippen LogP contribution in [0.3, 0.4) is 0 Å². The minimum atomic E-state index is -4.33. The first-order chi connectivity index (χ1) is 7.85. The van der Waals surface area contributed by atoms with Gasteiger partial charge in [-0.25, -0.2) is 4.98 Å². The summed E-state index contributed by atoms with van der Waals surface area (Å²) in [6, 6.07) is 0. The third-order valence-electron chi connectivity index (χ3n) is 1.94. The van der Waals surface area contributed by atoms with Gasteiger partial charge in [0.15, 0.2) is 5.82 Å². The molecule has 1 heterocycles. The van der Waals surface area contributed by atoms with Crippen molar-refractivity contribution in [3.05, 3.63) is 21.2 Å². The van der Waals surface area contributed by atoms with Crippen LogP contribution in [0, 0.1) is 0 Å². The van der Waals surface area contributed by atoms with Crippen molar-refractivity contribution >= 4 is 21.7 Å². The Morgan fingerprint density at radius 3 is 2.71 bits per heavy atom. The fraction of sp³-hybridized carbons (Fsp3) is 0.556. The average Bonchev–Trinajstić information content (AvgIpc) is 2.19. The molecule has 4 nitrogen and oxygen atoms in total. The predicted molar refractivity (Wildman–Crippen MR) is 61.1 cm³/mol. The maximum Gasteiger partial charge on any atom is 0.405 e. The summed E-state index contributed by atoms with van der Waals surface area (Å²) in [7, 11) is 0. The third-order valence-corrected chi connectivity index (χ3v) is 2.66. The quantitative estimate of drug-likeness (QED) is 0.928. The van der Waals surface area contributed by atoms with E-state index in [0.29, 0.717) is 6.42 Å². The van der Waals surface area contributed by atoms with Crippen molar-refractivity contribution in [3.63, 3.8) is 0 Å². The summed E-state index contributed by atoms with van der Waals surface area (Å²) < 4.78 is 37.1. The second-order valence-electron chi connectivity index (χ2n) is 3.41. The first kappa shape index (κ1) is 14.0. The Kier molecular flexibility index (Phi) is 4.55. The van der Waals surface area contributed by atoms with Gasteiger partial charge in [-0.05, 0) is 22.4 Å². The van der Waals surface area contributed by atoms with Crippen LogP contribution in [0.15, 0.2) is 15.6 Å². The van der Waals surface area contributed by atoms with Gasteiger partial charge in [0, 0.05) is 6.54 Å². The van der Waals surface area contributed by atoms with E-state index in [4.69, 9.17) is 0 Å². The lowest BCUT2D eigenvalue weighted by Crippen LogP contribution is -2.36. The van der Waals surface area contributed by atoms with Crippen LogP contribution in [-0.2, 0) is 0 Å². The van der Waals surface area contributed by atoms with Crippen LogP contribution < -0.4 is 10.5 Å². The van der Waals surface area contributed by atoms with E-state index in [9.17, 15) is 18.0 Å². The zero-order valence-corrected chi connectivity index (χ0v) is 10.6. The van der Waals surface area contributed by atoms with Crippen LogP contribution in [-0.4, -0.2) is 29.2 Å². The molecular weight excluding hydrogens is 303 g/mol. The zero-order valence-electron chi connectivity index (χ0n) is 9.01. The van der Waals surface area contributed by atoms with Gasteiger partial charge in [-0.2, -0.15) is 13.2 Å². The van der Waals surface area contributed by atoms with Gasteiger partial charge in [0.05, 0.1) is 6.33 Å². The number of anilines is 1. The SMILES string of the molecule is CCCN(CC(F)(F)F)c1nc[nH]c(=O)c1Br. The minimum Gasteiger partial charge on any atom is -0.346 e. The first-order valence-electron chi connectivity index (χ1n) is 4.90. The van der Waals surface area contributed by atoms with Gasteiger partial charge in [0.1, 0.15) is 11.0 Å². The third kappa shape index (κ3) is 4.03. The van der Waals surface area contributed by atoms with Crippen LogP contribution in [0.1, 0.15) is 13.3 Å². The lowest BCUT2D eigenvalue weighted by molar-refractivity contribution is -0.119. The largest absolute Gasteiger partial charge is 0.405 e. The summed E-state index contributed by atoms with van der Waals surface area (Å²) in [6.45, 7) is 0.801. The zero-order chi connectivity index (χ0) is 13.1. The van der Waals surface area contributed by atoms with E-state index in [-0.39, 0.29) is 16.8 Å². The molecule has 1 aromatic rings. The van der Waals surface area contributed by atoms with Crippen LogP contribution in [0.2, 0.25) is 0 Å². The number of rotatable bonds is 4. The Labute approximate surface area is 104 Å². The van der Waals surface area contributed by atoms with Crippen LogP contribution >= 0.6 is 15.9 Å². The minimum absolute atomic E-state index is 0.00734. The highest BCUT2D eigenvalue weighted by atomic mass is 79.9. The van der Waals surface area contributed by atoms with E-state index in [0.717, 1.165) is 11.2 Å². The van der Waals surface area contributed by atoms with Crippen LogP contribution in [0.4, 0.5) is 19.0 Å². The average molecular weight is 314 g/mol. The summed E-state index contributed by atoms with van der Waals surface area (Å²) in [5.41, 5.74) is -0.502. The van der Waals surface area contributed by atoms with Crippen molar-refractivity contribution in [1.82, 2.24) is 9.97 Å². The van der Waals surface area contributed by atoms with Crippen molar-refractivity contribution in [2.24, 2.45) is 0 Å². The molecule has 0 radical (unpaired) electrons. The Bertz CT molecular complexity index is 432. The molecule has 0 aliphatic carbocycles. The molecule has 0 spiro atoms. The summed E-state index contributed by atoms with van der Waals surface area (Å²) in [4.78, 5) is 18.3. The molecule has 0 amide bonds. The second kappa shape index (κ2) is 5.52. The van der Waals surface area contributed by atoms with E-state index in [1.165, 1.54) is 0 Å². The summed E-state index contributed by atoms with van der Waals surface area (Å²) in [5, 5.41) is 0. The molecule has 8 heteroatoms. The summed E-state index contributed by atoms with van der Waals surface area (Å²) in [6.07, 6.45) is -2.72. The van der Waals surface area contributed by atoms with Crippen LogP contribution in [0.25, 0.3) is 0 Å². The standard InChI is InChI=1S/C9H11BrF3N3O/c1-2-3-16(4-9(11,12)13)7-6(10)8(17)15-5-14-7/h5H,2-4H2,1H3,(H,14,15,17). The van der Waals surface area contributed by atoms with Gasteiger partial charge in [-0.1, -0.05) is 6.92 Å². The van der Waals surface area contributed by atoms with E-state index in [1.807, 2.05) is 0 Å². The van der Waals surface area contributed by atoms with E-state index in [1.54, 1.807) is 6.92 Å². The van der Waals surface area contributed by atoms with Crippen molar-refractivity contribution in [3.8, 4) is 0 Å². The molecule has 0 aromatic carbocycles. The van der Waals surface area contributed by atoms with E-state index in [2.05, 4.69) is 25.9 Å². The smallest absolute Gasteiger partial charge is 0.346 e. The van der Waals surface area contributed by atoms with E-state index < -0.39 is 18.3 Å². The highest BCUT2D eigenvalue weighted by molar-refractivity contribution is 9.10. The van der Waals surface area contributed by atoms with Crippen molar-refractivity contribution < 1.29 is 13.2 Å². The number of aromatic amines is 1. The van der Waals surface area contributed by atoms with Crippen LogP contribution in [0.5, 0.6) is 0 Å². The Morgan fingerprint density at radius 1 is 1.53 bits per heavy atom. The van der Waals surface area contributed by atoms with Gasteiger partial charge in [-0.15, -0.1) is 0 Å². The molecule has 0 atom stereocenters. The lowest BCUT2D eigenvalue weighted by atomic mass is 10.3. The lowest BCUT2D eigenvalue weighted by Gasteiger charge is -2.24. The van der Waals surface area contributed by atoms with Gasteiger partial charge in [-0.3, -0.25) is 4.79 Å². The van der Waals surface area contributed by atoms with E-state index >= 15 is 0 Å². The molecule has 1 N–H and O–H groups in total. The van der Waals surface area contributed by atoms with Gasteiger partial charge in [0.2, 0.25) is 0 Å². The second-order valence-corrected chi connectivity index (χ2v) is 4.20. The topological polar surface area (TPSA) is 49.0 Å².